The summed E-state index contributed by atoms with van der Waals surface area (Å²) in [6.07, 6.45) is 0.375. The van der Waals surface area contributed by atoms with Crippen molar-refractivity contribution in [3.8, 4) is 0 Å². The first kappa shape index (κ1) is 27.3. The smallest absolute Gasteiger partial charge is 0.412 e. The van der Waals surface area contributed by atoms with E-state index in [1.165, 1.54) is 30.2 Å². The average Bonchev–Trinajstić information content (AvgIpc) is 3.07. The maximum atomic E-state index is 13.1. The van der Waals surface area contributed by atoms with Gasteiger partial charge in [0.2, 0.25) is 0 Å². The summed E-state index contributed by atoms with van der Waals surface area (Å²) in [6.45, 7) is 5.22. The highest BCUT2D eigenvalue weighted by Crippen LogP contribution is 2.36. The molecule has 1 saturated heterocycles. The number of nitrogens with one attached hydrogen (secondary N) is 1. The molecule has 0 unspecified atom stereocenters. The van der Waals surface area contributed by atoms with Gasteiger partial charge < -0.3 is 9.47 Å². The zero-order valence-electron chi connectivity index (χ0n) is 19.6. The molecule has 3 rings (SSSR count). The number of aliphatic imine (C=N–C) groups is 1. The van der Waals surface area contributed by atoms with Crippen molar-refractivity contribution in [2.24, 2.45) is 4.99 Å². The first-order valence-corrected chi connectivity index (χ1v) is 12.0. The lowest BCUT2D eigenvalue weighted by Gasteiger charge is -2.20. The molecule has 1 fully saturated rings. The highest BCUT2D eigenvalue weighted by Gasteiger charge is 2.36. The summed E-state index contributed by atoms with van der Waals surface area (Å²) in [4.78, 5) is 55.0. The van der Waals surface area contributed by atoms with Crippen LogP contribution in [-0.2, 0) is 19.1 Å². The second-order valence-electron chi connectivity index (χ2n) is 8.27. The van der Waals surface area contributed by atoms with Crippen molar-refractivity contribution in [2.45, 2.75) is 26.4 Å². The van der Waals surface area contributed by atoms with Crippen LogP contribution in [0.3, 0.4) is 0 Å². The molecule has 188 valence electrons. The summed E-state index contributed by atoms with van der Waals surface area (Å²) in [6, 6.07) is 10.5. The Kier molecular flexibility index (Phi) is 8.44. The Morgan fingerprint density at radius 1 is 1.08 bits per heavy atom. The van der Waals surface area contributed by atoms with Crippen LogP contribution in [0.1, 0.15) is 31.1 Å². The Morgan fingerprint density at radius 3 is 2.33 bits per heavy atom. The predicted molar refractivity (Wildman–Crippen MR) is 140 cm³/mol. The number of hydrogen-bond donors (Lipinski definition) is 1. The molecule has 0 radical (unpaired) electrons. The van der Waals surface area contributed by atoms with Gasteiger partial charge in [0.1, 0.15) is 5.60 Å². The van der Waals surface area contributed by atoms with E-state index in [0.717, 1.165) is 17.8 Å². The van der Waals surface area contributed by atoms with E-state index in [-0.39, 0.29) is 20.7 Å². The second kappa shape index (κ2) is 11.2. The lowest BCUT2D eigenvalue weighted by atomic mass is 10.2. The fourth-order valence-electron chi connectivity index (χ4n) is 2.87. The van der Waals surface area contributed by atoms with Crippen molar-refractivity contribution >= 4 is 75.4 Å². The topological polar surface area (TPSA) is 114 Å². The molecule has 9 nitrogen and oxygen atoms in total. The minimum absolute atomic E-state index is 0.000906. The van der Waals surface area contributed by atoms with E-state index in [1.54, 1.807) is 45.0 Å². The first-order valence-electron chi connectivity index (χ1n) is 10.4. The zero-order valence-corrected chi connectivity index (χ0v) is 22.0. The molecule has 0 aromatic heterocycles. The molecule has 3 amide bonds. The van der Waals surface area contributed by atoms with Crippen LogP contribution in [0, 0.1) is 0 Å². The van der Waals surface area contributed by atoms with Crippen LogP contribution in [0.15, 0.2) is 58.4 Å². The predicted octanol–water partition coefficient (Wildman–Crippen LogP) is 5.67. The SMILES string of the molecule is COC(=O)C=C1SC(=NC(=O)c2ccc(Cl)cc2Cl)N(c2ccc(NC(=O)OC(C)(C)C)cc2)C1=O. The number of benzene rings is 2. The van der Waals surface area contributed by atoms with Gasteiger partial charge in [0.15, 0.2) is 5.17 Å². The molecule has 0 atom stereocenters. The van der Waals surface area contributed by atoms with Gasteiger partial charge in [-0.2, -0.15) is 4.99 Å². The van der Waals surface area contributed by atoms with E-state index >= 15 is 0 Å². The summed E-state index contributed by atoms with van der Waals surface area (Å²) in [5, 5.41) is 3.04. The Labute approximate surface area is 221 Å². The van der Waals surface area contributed by atoms with Gasteiger partial charge in [0.05, 0.1) is 28.3 Å². The summed E-state index contributed by atoms with van der Waals surface area (Å²) in [5.74, 6) is -2.04. The van der Waals surface area contributed by atoms with Crippen molar-refractivity contribution in [3.05, 3.63) is 69.1 Å². The third-order valence-corrected chi connectivity index (χ3v) is 5.90. The zero-order chi connectivity index (χ0) is 26.6. The molecule has 0 spiro atoms. The van der Waals surface area contributed by atoms with Crippen molar-refractivity contribution in [1.82, 2.24) is 0 Å². The molecule has 2 aromatic rings. The van der Waals surface area contributed by atoms with Crippen molar-refractivity contribution in [3.63, 3.8) is 0 Å². The van der Waals surface area contributed by atoms with E-state index < -0.39 is 29.5 Å². The van der Waals surface area contributed by atoms with Crippen LogP contribution in [-0.4, -0.2) is 41.8 Å². The second-order valence-corrected chi connectivity index (χ2v) is 10.1. The molecule has 1 aliphatic heterocycles. The number of anilines is 2. The summed E-state index contributed by atoms with van der Waals surface area (Å²) in [7, 11) is 1.18. The number of nitrogens with zero attached hydrogens (tertiary/aromatic N) is 2. The van der Waals surface area contributed by atoms with Gasteiger partial charge in [-0.15, -0.1) is 0 Å². The number of amides is 3. The van der Waals surface area contributed by atoms with Gasteiger partial charge >= 0.3 is 12.1 Å². The van der Waals surface area contributed by atoms with Crippen LogP contribution in [0.25, 0.3) is 0 Å². The number of rotatable bonds is 4. The summed E-state index contributed by atoms with van der Waals surface area (Å²) >= 11 is 12.9. The van der Waals surface area contributed by atoms with Gasteiger partial charge in [-0.1, -0.05) is 23.2 Å². The van der Waals surface area contributed by atoms with Gasteiger partial charge in [0.25, 0.3) is 11.8 Å². The van der Waals surface area contributed by atoms with Gasteiger partial charge in [-0.3, -0.25) is 19.8 Å². The van der Waals surface area contributed by atoms with E-state index in [2.05, 4.69) is 15.0 Å². The molecule has 0 aliphatic carbocycles. The quantitative estimate of drug-likeness (QED) is 0.385. The highest BCUT2D eigenvalue weighted by atomic mass is 35.5. The summed E-state index contributed by atoms with van der Waals surface area (Å²) in [5.41, 5.74) is 0.171. The number of hydrogen-bond acceptors (Lipinski definition) is 7. The maximum absolute atomic E-state index is 13.1. The molecule has 36 heavy (non-hydrogen) atoms. The lowest BCUT2D eigenvalue weighted by molar-refractivity contribution is -0.135. The molecule has 1 heterocycles. The van der Waals surface area contributed by atoms with Crippen LogP contribution in [0.5, 0.6) is 0 Å². The molecule has 1 aliphatic rings. The van der Waals surface area contributed by atoms with E-state index in [9.17, 15) is 19.2 Å². The first-order chi connectivity index (χ1) is 16.9. The fraction of sp³-hybridized carbons (Fsp3) is 0.208. The largest absolute Gasteiger partial charge is 0.466 e. The number of esters is 1. The number of halogens is 2. The van der Waals surface area contributed by atoms with Gasteiger partial charge in [-0.05, 0) is 75.0 Å². The van der Waals surface area contributed by atoms with Crippen LogP contribution in [0.2, 0.25) is 10.0 Å². The minimum Gasteiger partial charge on any atom is -0.466 e. The molecule has 12 heteroatoms. The lowest BCUT2D eigenvalue weighted by Crippen LogP contribution is -2.29. The van der Waals surface area contributed by atoms with E-state index in [4.69, 9.17) is 27.9 Å². The number of carbonyl (C=O) groups is 4. The molecule has 0 bridgehead atoms. The third-order valence-electron chi connectivity index (χ3n) is 4.39. The fourth-order valence-corrected chi connectivity index (χ4v) is 4.30. The van der Waals surface area contributed by atoms with Crippen molar-refractivity contribution in [2.75, 3.05) is 17.3 Å². The molecule has 0 saturated carbocycles. The molecule has 1 N–H and O–H groups in total. The Morgan fingerprint density at radius 2 is 1.75 bits per heavy atom. The number of amidine groups is 1. The molecular formula is C24H21Cl2N3O6S. The minimum atomic E-state index is -0.740. The Hall–Kier alpha value is -3.34. The van der Waals surface area contributed by atoms with Crippen LogP contribution >= 0.6 is 35.0 Å². The molecular weight excluding hydrogens is 529 g/mol. The summed E-state index contributed by atoms with van der Waals surface area (Å²) < 4.78 is 9.84. The standard InChI is InChI=1S/C24H21Cl2N3O6S/c1-24(2,3)35-23(33)27-14-6-8-15(9-7-14)29-21(32)18(12-19(30)34-4)36-22(29)28-20(31)16-10-5-13(25)11-17(16)26/h5-12H,1-4H3,(H,27,33). The van der Waals surface area contributed by atoms with Gasteiger partial charge in [0, 0.05) is 16.8 Å². The van der Waals surface area contributed by atoms with E-state index in [1.807, 2.05) is 0 Å². The maximum Gasteiger partial charge on any atom is 0.412 e. The number of ether oxygens (including phenoxy) is 2. The monoisotopic (exact) mass is 549 g/mol. The highest BCUT2D eigenvalue weighted by molar-refractivity contribution is 8.19. The number of methoxy groups -OCH3 is 1. The Bertz CT molecular complexity index is 1290. The number of thioether (sulfide) groups is 1. The van der Waals surface area contributed by atoms with Crippen LogP contribution < -0.4 is 10.2 Å². The van der Waals surface area contributed by atoms with Crippen molar-refractivity contribution < 1.29 is 28.7 Å². The van der Waals surface area contributed by atoms with Crippen LogP contribution in [0.4, 0.5) is 16.2 Å². The Balaban J connectivity index is 1.94. The number of carbonyl (C=O) groups excluding carboxylic acids is 4. The van der Waals surface area contributed by atoms with Gasteiger partial charge in [-0.25, -0.2) is 9.59 Å². The van der Waals surface area contributed by atoms with Crippen molar-refractivity contribution in [1.29, 1.82) is 0 Å². The normalized spacial score (nSPS) is 15.8. The van der Waals surface area contributed by atoms with E-state index in [0.29, 0.717) is 16.4 Å². The third kappa shape index (κ3) is 6.87. The average molecular weight is 550 g/mol. The molecule has 2 aromatic carbocycles.